The largest absolute Gasteiger partial charge is 0.462 e. The van der Waals surface area contributed by atoms with Crippen LogP contribution in [0.15, 0.2) is 24.8 Å². The van der Waals surface area contributed by atoms with E-state index < -0.39 is 0 Å². The average molecular weight is 239 g/mol. The van der Waals surface area contributed by atoms with Crippen molar-refractivity contribution in [1.82, 2.24) is 0 Å². The molecule has 86 valence electrons. The molecule has 0 aliphatic heterocycles. The van der Waals surface area contributed by atoms with Crippen molar-refractivity contribution >= 4 is 17.6 Å². The van der Waals surface area contributed by atoms with E-state index in [1.807, 2.05) is 26.0 Å². The molecule has 1 aromatic carbocycles. The number of ether oxygens (including phenoxy) is 1. The van der Waals surface area contributed by atoms with E-state index in [-0.39, 0.29) is 5.97 Å². The second-order valence-electron chi connectivity index (χ2n) is 3.58. The van der Waals surface area contributed by atoms with Gasteiger partial charge in [0, 0.05) is 17.5 Å². The Bertz CT molecular complexity index is 411. The number of carbonyl (C=O) groups is 1. The van der Waals surface area contributed by atoms with Gasteiger partial charge in [-0.15, -0.1) is 0 Å². The fourth-order valence-electron chi connectivity index (χ4n) is 1.44. The lowest BCUT2D eigenvalue weighted by Crippen LogP contribution is -2.05. The lowest BCUT2D eigenvalue weighted by Gasteiger charge is -2.10. The maximum Gasteiger partial charge on any atom is 0.330 e. The SMILES string of the molecule is C=CC(=O)OCCc1ccc(Cl)c(C)c1C. The average Bonchev–Trinajstić information content (AvgIpc) is 2.29. The summed E-state index contributed by atoms with van der Waals surface area (Å²) in [6, 6.07) is 3.83. The summed E-state index contributed by atoms with van der Waals surface area (Å²) in [5.74, 6) is -0.386. The van der Waals surface area contributed by atoms with E-state index >= 15 is 0 Å². The van der Waals surface area contributed by atoms with Crippen molar-refractivity contribution in [3.63, 3.8) is 0 Å². The summed E-state index contributed by atoms with van der Waals surface area (Å²) in [7, 11) is 0. The number of hydrogen-bond acceptors (Lipinski definition) is 2. The van der Waals surface area contributed by atoms with Gasteiger partial charge in [0.05, 0.1) is 6.61 Å². The van der Waals surface area contributed by atoms with Crippen molar-refractivity contribution in [2.75, 3.05) is 6.61 Å². The number of halogens is 1. The minimum Gasteiger partial charge on any atom is -0.462 e. The zero-order valence-electron chi connectivity index (χ0n) is 9.55. The van der Waals surface area contributed by atoms with Gasteiger partial charge in [-0.05, 0) is 36.6 Å². The highest BCUT2D eigenvalue weighted by Crippen LogP contribution is 2.22. The van der Waals surface area contributed by atoms with Crippen LogP contribution in [0, 0.1) is 13.8 Å². The van der Waals surface area contributed by atoms with E-state index in [1.54, 1.807) is 0 Å². The van der Waals surface area contributed by atoms with Gasteiger partial charge in [-0.3, -0.25) is 0 Å². The Balaban J connectivity index is 2.65. The lowest BCUT2D eigenvalue weighted by atomic mass is 10.0. The maximum atomic E-state index is 10.8. The second-order valence-corrected chi connectivity index (χ2v) is 3.99. The van der Waals surface area contributed by atoms with Crippen LogP contribution in [0.4, 0.5) is 0 Å². The summed E-state index contributed by atoms with van der Waals surface area (Å²) in [5.41, 5.74) is 3.38. The number of rotatable bonds is 4. The van der Waals surface area contributed by atoms with Gasteiger partial charge < -0.3 is 4.74 Å². The Morgan fingerprint density at radius 3 is 2.75 bits per heavy atom. The highest BCUT2D eigenvalue weighted by Gasteiger charge is 2.05. The smallest absolute Gasteiger partial charge is 0.330 e. The molecule has 0 N–H and O–H groups in total. The van der Waals surface area contributed by atoms with Crippen molar-refractivity contribution in [1.29, 1.82) is 0 Å². The monoisotopic (exact) mass is 238 g/mol. The molecule has 0 saturated heterocycles. The van der Waals surface area contributed by atoms with Crippen LogP contribution in [-0.4, -0.2) is 12.6 Å². The summed E-state index contributed by atoms with van der Waals surface area (Å²) in [5, 5.41) is 0.768. The number of hydrogen-bond donors (Lipinski definition) is 0. The van der Waals surface area contributed by atoms with Gasteiger partial charge >= 0.3 is 5.97 Å². The van der Waals surface area contributed by atoms with Gasteiger partial charge in [0.2, 0.25) is 0 Å². The first-order chi connectivity index (χ1) is 7.56. The molecule has 1 rings (SSSR count). The van der Waals surface area contributed by atoms with Crippen LogP contribution in [0.3, 0.4) is 0 Å². The second kappa shape index (κ2) is 5.71. The number of carbonyl (C=O) groups excluding carboxylic acids is 1. The minimum atomic E-state index is -0.386. The highest BCUT2D eigenvalue weighted by molar-refractivity contribution is 6.31. The normalized spacial score (nSPS) is 9.94. The Labute approximate surface area is 101 Å². The molecule has 0 aliphatic carbocycles. The van der Waals surface area contributed by atoms with Crippen LogP contribution >= 0.6 is 11.6 Å². The quantitative estimate of drug-likeness (QED) is 0.595. The van der Waals surface area contributed by atoms with Crippen LogP contribution in [0.5, 0.6) is 0 Å². The van der Waals surface area contributed by atoms with E-state index in [2.05, 4.69) is 6.58 Å². The zero-order valence-corrected chi connectivity index (χ0v) is 10.3. The van der Waals surface area contributed by atoms with E-state index in [4.69, 9.17) is 16.3 Å². The first-order valence-electron chi connectivity index (χ1n) is 5.10. The first kappa shape index (κ1) is 12.8. The molecule has 0 bridgehead atoms. The van der Waals surface area contributed by atoms with Crippen molar-refractivity contribution in [2.45, 2.75) is 20.3 Å². The molecule has 2 nitrogen and oxygen atoms in total. The molecule has 0 unspecified atom stereocenters. The molecule has 0 saturated carbocycles. The fourth-order valence-corrected chi connectivity index (χ4v) is 1.64. The van der Waals surface area contributed by atoms with E-state index in [1.165, 1.54) is 6.08 Å². The molecule has 1 aromatic rings. The topological polar surface area (TPSA) is 26.3 Å². The number of esters is 1. The third-order valence-corrected chi connectivity index (χ3v) is 3.03. The van der Waals surface area contributed by atoms with Crippen molar-refractivity contribution in [3.8, 4) is 0 Å². The Morgan fingerprint density at radius 1 is 1.44 bits per heavy atom. The molecular weight excluding hydrogens is 224 g/mol. The Morgan fingerprint density at radius 2 is 2.12 bits per heavy atom. The molecule has 0 fully saturated rings. The van der Waals surface area contributed by atoms with Gasteiger partial charge in [0.15, 0.2) is 0 Å². The van der Waals surface area contributed by atoms with Crippen molar-refractivity contribution in [3.05, 3.63) is 46.5 Å². The van der Waals surface area contributed by atoms with Crippen LogP contribution in [0.25, 0.3) is 0 Å². The third-order valence-electron chi connectivity index (χ3n) is 2.62. The van der Waals surface area contributed by atoms with Gasteiger partial charge in [0.25, 0.3) is 0 Å². The van der Waals surface area contributed by atoms with Gasteiger partial charge in [-0.1, -0.05) is 24.2 Å². The summed E-state index contributed by atoms with van der Waals surface area (Å²) in [6.07, 6.45) is 1.86. The van der Waals surface area contributed by atoms with Crippen LogP contribution in [0.2, 0.25) is 5.02 Å². The zero-order chi connectivity index (χ0) is 12.1. The molecule has 0 atom stereocenters. The standard InChI is InChI=1S/C13H15ClO2/c1-4-13(15)16-8-7-11-5-6-12(14)10(3)9(11)2/h4-6H,1,7-8H2,2-3H3. The van der Waals surface area contributed by atoms with E-state index in [9.17, 15) is 4.79 Å². The van der Waals surface area contributed by atoms with Gasteiger partial charge in [-0.2, -0.15) is 0 Å². The van der Waals surface area contributed by atoms with Gasteiger partial charge in [0.1, 0.15) is 0 Å². The Kier molecular flexibility index (Phi) is 4.56. The summed E-state index contributed by atoms with van der Waals surface area (Å²) in [4.78, 5) is 10.8. The first-order valence-corrected chi connectivity index (χ1v) is 5.48. The van der Waals surface area contributed by atoms with Crippen LogP contribution in [0.1, 0.15) is 16.7 Å². The van der Waals surface area contributed by atoms with Gasteiger partial charge in [-0.25, -0.2) is 4.79 Å². The number of benzene rings is 1. The van der Waals surface area contributed by atoms with E-state index in [0.29, 0.717) is 13.0 Å². The molecule has 0 radical (unpaired) electrons. The molecule has 0 heterocycles. The molecule has 0 spiro atoms. The predicted octanol–water partition coefficient (Wildman–Crippen LogP) is 3.23. The Hall–Kier alpha value is -1.28. The molecule has 3 heteroatoms. The molecule has 0 amide bonds. The predicted molar refractivity (Wildman–Crippen MR) is 65.8 cm³/mol. The third kappa shape index (κ3) is 3.11. The molecular formula is C13H15ClO2. The van der Waals surface area contributed by atoms with Crippen LogP contribution in [-0.2, 0) is 16.0 Å². The van der Waals surface area contributed by atoms with Crippen molar-refractivity contribution < 1.29 is 9.53 Å². The minimum absolute atomic E-state index is 0.368. The fraction of sp³-hybridized carbons (Fsp3) is 0.308. The molecule has 0 aromatic heterocycles. The maximum absolute atomic E-state index is 10.8. The molecule has 0 aliphatic rings. The summed E-state index contributed by atoms with van der Waals surface area (Å²) < 4.78 is 4.93. The van der Waals surface area contributed by atoms with Crippen molar-refractivity contribution in [2.24, 2.45) is 0 Å². The van der Waals surface area contributed by atoms with Crippen LogP contribution < -0.4 is 0 Å². The summed E-state index contributed by atoms with van der Waals surface area (Å²) >= 11 is 5.99. The summed E-state index contributed by atoms with van der Waals surface area (Å²) in [6.45, 7) is 7.71. The molecule has 16 heavy (non-hydrogen) atoms. The highest BCUT2D eigenvalue weighted by atomic mass is 35.5. The van der Waals surface area contributed by atoms with E-state index in [0.717, 1.165) is 21.7 Å². The lowest BCUT2D eigenvalue weighted by molar-refractivity contribution is -0.137.